The summed E-state index contributed by atoms with van der Waals surface area (Å²) in [5.74, 6) is 2.98. The van der Waals surface area contributed by atoms with Crippen molar-refractivity contribution < 1.29 is 4.79 Å². The predicted molar refractivity (Wildman–Crippen MR) is 77.6 cm³/mol. The van der Waals surface area contributed by atoms with Gasteiger partial charge in [0.15, 0.2) is 0 Å². The van der Waals surface area contributed by atoms with Crippen molar-refractivity contribution in [1.29, 1.82) is 0 Å². The summed E-state index contributed by atoms with van der Waals surface area (Å²) >= 11 is 0. The average Bonchev–Trinajstić information content (AvgIpc) is 2.36. The number of likely N-dealkylation sites (tertiary alicyclic amines) is 1. The van der Waals surface area contributed by atoms with Crippen molar-refractivity contribution >= 4 is 5.91 Å². The number of fused-ring (bicyclic) bond motifs is 1. The van der Waals surface area contributed by atoms with Crippen LogP contribution in [-0.2, 0) is 4.79 Å². The number of allylic oxidation sites excluding steroid dienone is 1. The lowest BCUT2D eigenvalue weighted by Crippen LogP contribution is -2.52. The molecule has 1 heterocycles. The van der Waals surface area contributed by atoms with Crippen molar-refractivity contribution in [2.24, 2.45) is 29.1 Å². The lowest BCUT2D eigenvalue weighted by molar-refractivity contribution is -0.133. The Morgan fingerprint density at radius 1 is 1.21 bits per heavy atom. The first kappa shape index (κ1) is 13.2. The van der Waals surface area contributed by atoms with E-state index in [1.54, 1.807) is 0 Å². The molecule has 19 heavy (non-hydrogen) atoms. The molecule has 0 radical (unpaired) electrons. The summed E-state index contributed by atoms with van der Waals surface area (Å²) in [6.07, 6.45) is 5.86. The third kappa shape index (κ3) is 2.04. The summed E-state index contributed by atoms with van der Waals surface area (Å²) in [4.78, 5) is 14.9. The molecule has 0 aromatic heterocycles. The molecule has 4 aliphatic rings. The monoisotopic (exact) mass is 261 g/mol. The van der Waals surface area contributed by atoms with Crippen LogP contribution >= 0.6 is 0 Å². The summed E-state index contributed by atoms with van der Waals surface area (Å²) < 4.78 is 0. The minimum Gasteiger partial charge on any atom is -0.338 e. The summed E-state index contributed by atoms with van der Waals surface area (Å²) in [5, 5.41) is 0. The van der Waals surface area contributed by atoms with Crippen molar-refractivity contribution in [3.05, 3.63) is 11.6 Å². The van der Waals surface area contributed by atoms with Crippen molar-refractivity contribution in [1.82, 2.24) is 4.90 Å². The van der Waals surface area contributed by atoms with E-state index in [9.17, 15) is 4.79 Å². The molecule has 1 aliphatic heterocycles. The molecule has 1 amide bonds. The average molecular weight is 261 g/mol. The Kier molecular flexibility index (Phi) is 3.03. The number of amides is 1. The van der Waals surface area contributed by atoms with Gasteiger partial charge < -0.3 is 4.90 Å². The van der Waals surface area contributed by atoms with Gasteiger partial charge in [-0.3, -0.25) is 4.79 Å². The largest absolute Gasteiger partial charge is 0.338 e. The molecule has 2 fully saturated rings. The summed E-state index contributed by atoms with van der Waals surface area (Å²) in [7, 11) is 0. The SMILES string of the molecule is CC1CC(C)CN(C(=O)C2=CC[C@H]3C[C@@H]2C3(C)C)C1. The van der Waals surface area contributed by atoms with Gasteiger partial charge in [-0.05, 0) is 48.3 Å². The second-order valence-electron chi connectivity index (χ2n) is 7.86. The van der Waals surface area contributed by atoms with E-state index in [-0.39, 0.29) is 0 Å². The third-order valence-electron chi connectivity index (χ3n) is 5.87. The van der Waals surface area contributed by atoms with Gasteiger partial charge in [0.1, 0.15) is 0 Å². The van der Waals surface area contributed by atoms with Crippen molar-refractivity contribution in [2.75, 3.05) is 13.1 Å². The predicted octanol–water partition coefficient (Wildman–Crippen LogP) is 3.48. The Bertz CT molecular complexity index is 413. The van der Waals surface area contributed by atoms with Crippen LogP contribution in [0, 0.1) is 29.1 Å². The quantitative estimate of drug-likeness (QED) is 0.707. The zero-order valence-electron chi connectivity index (χ0n) is 12.8. The maximum atomic E-state index is 12.8. The van der Waals surface area contributed by atoms with E-state index in [1.807, 2.05) is 0 Å². The third-order valence-corrected chi connectivity index (χ3v) is 5.87. The molecule has 1 saturated heterocycles. The fraction of sp³-hybridized carbons (Fsp3) is 0.824. The topological polar surface area (TPSA) is 20.3 Å². The zero-order chi connectivity index (χ0) is 13.8. The molecule has 0 aromatic carbocycles. The number of nitrogens with zero attached hydrogens (tertiary/aromatic N) is 1. The standard InChI is InChI=1S/C17H27NO/c1-11-7-12(2)10-18(9-11)16(19)14-6-5-13-8-15(14)17(13,3)4/h6,11-13,15H,5,7-10H2,1-4H3/t11?,12?,13-,15-/m0/s1. The van der Waals surface area contributed by atoms with Gasteiger partial charge in [-0.25, -0.2) is 0 Å². The summed E-state index contributed by atoms with van der Waals surface area (Å²) in [5.41, 5.74) is 1.49. The van der Waals surface area contributed by atoms with Crippen LogP contribution in [0.2, 0.25) is 0 Å². The van der Waals surface area contributed by atoms with Crippen molar-refractivity contribution in [2.45, 2.75) is 47.0 Å². The molecule has 2 unspecified atom stereocenters. The molecule has 2 bridgehead atoms. The highest BCUT2D eigenvalue weighted by Crippen LogP contribution is 2.59. The Morgan fingerprint density at radius 2 is 1.84 bits per heavy atom. The molecule has 106 valence electrons. The zero-order valence-corrected chi connectivity index (χ0v) is 12.8. The maximum absolute atomic E-state index is 12.8. The molecule has 3 aliphatic carbocycles. The lowest BCUT2D eigenvalue weighted by atomic mass is 9.48. The van der Waals surface area contributed by atoms with E-state index in [0.29, 0.717) is 29.1 Å². The molecule has 2 heteroatoms. The Morgan fingerprint density at radius 3 is 2.37 bits per heavy atom. The van der Waals surface area contributed by atoms with Crippen LogP contribution < -0.4 is 0 Å². The van der Waals surface area contributed by atoms with E-state index in [4.69, 9.17) is 0 Å². The number of hydrogen-bond acceptors (Lipinski definition) is 1. The van der Waals surface area contributed by atoms with Gasteiger partial charge >= 0.3 is 0 Å². The van der Waals surface area contributed by atoms with Crippen LogP contribution in [0.4, 0.5) is 0 Å². The molecule has 2 nitrogen and oxygen atoms in total. The van der Waals surface area contributed by atoms with Crippen LogP contribution in [0.3, 0.4) is 0 Å². The van der Waals surface area contributed by atoms with Gasteiger partial charge in [-0.1, -0.05) is 33.8 Å². The van der Waals surface area contributed by atoms with Crippen molar-refractivity contribution in [3.8, 4) is 0 Å². The fourth-order valence-electron chi connectivity index (χ4n) is 4.60. The molecule has 1 saturated carbocycles. The number of piperidine rings is 1. The van der Waals surface area contributed by atoms with Gasteiger partial charge in [0.2, 0.25) is 5.91 Å². The molecule has 4 atom stereocenters. The Labute approximate surface area is 117 Å². The van der Waals surface area contributed by atoms with E-state index >= 15 is 0 Å². The normalized spacial score (nSPS) is 40.4. The van der Waals surface area contributed by atoms with Crippen molar-refractivity contribution in [3.63, 3.8) is 0 Å². The van der Waals surface area contributed by atoms with E-state index in [0.717, 1.165) is 31.0 Å². The van der Waals surface area contributed by atoms with Gasteiger partial charge in [0.25, 0.3) is 0 Å². The summed E-state index contributed by atoms with van der Waals surface area (Å²) in [6, 6.07) is 0. The summed E-state index contributed by atoms with van der Waals surface area (Å²) in [6.45, 7) is 11.1. The van der Waals surface area contributed by atoms with Crippen LogP contribution in [0.5, 0.6) is 0 Å². The van der Waals surface area contributed by atoms with Gasteiger partial charge in [-0.15, -0.1) is 0 Å². The second-order valence-corrected chi connectivity index (χ2v) is 7.86. The number of carbonyl (C=O) groups is 1. The van der Waals surface area contributed by atoms with E-state index < -0.39 is 0 Å². The number of carbonyl (C=O) groups excluding carboxylic acids is 1. The first-order chi connectivity index (χ1) is 8.89. The fourth-order valence-corrected chi connectivity index (χ4v) is 4.60. The second kappa shape index (κ2) is 4.36. The molecule has 0 N–H and O–H groups in total. The van der Waals surface area contributed by atoms with Crippen LogP contribution in [0.25, 0.3) is 0 Å². The molecular formula is C17H27NO. The lowest BCUT2D eigenvalue weighted by Gasteiger charge is -2.56. The first-order valence-corrected chi connectivity index (χ1v) is 7.89. The highest BCUT2D eigenvalue weighted by molar-refractivity contribution is 5.94. The Hall–Kier alpha value is -0.790. The minimum atomic E-state index is 0.342. The van der Waals surface area contributed by atoms with Gasteiger partial charge in [-0.2, -0.15) is 0 Å². The minimum absolute atomic E-state index is 0.342. The molecule has 4 rings (SSSR count). The van der Waals surface area contributed by atoms with Gasteiger partial charge in [0.05, 0.1) is 0 Å². The highest BCUT2D eigenvalue weighted by atomic mass is 16.2. The maximum Gasteiger partial charge on any atom is 0.249 e. The van der Waals surface area contributed by atoms with E-state index in [1.165, 1.54) is 12.8 Å². The highest BCUT2D eigenvalue weighted by Gasteiger charge is 2.53. The van der Waals surface area contributed by atoms with E-state index in [2.05, 4.69) is 38.7 Å². The first-order valence-electron chi connectivity index (χ1n) is 7.89. The van der Waals surface area contributed by atoms with Gasteiger partial charge in [0, 0.05) is 18.7 Å². The molecule has 0 spiro atoms. The number of hydrogen-bond donors (Lipinski definition) is 0. The molecular weight excluding hydrogens is 234 g/mol. The van der Waals surface area contributed by atoms with Crippen LogP contribution in [0.15, 0.2) is 11.6 Å². The smallest absolute Gasteiger partial charge is 0.249 e. The molecule has 0 aromatic rings. The van der Waals surface area contributed by atoms with Crippen LogP contribution in [-0.4, -0.2) is 23.9 Å². The Balaban J connectivity index is 1.76. The van der Waals surface area contributed by atoms with Crippen LogP contribution in [0.1, 0.15) is 47.0 Å². The number of rotatable bonds is 1.